The van der Waals surface area contributed by atoms with Gasteiger partial charge in [-0.1, -0.05) is 30.3 Å². The monoisotopic (exact) mass is 298 g/mol. The van der Waals surface area contributed by atoms with Gasteiger partial charge in [0.15, 0.2) is 0 Å². The molecule has 0 saturated heterocycles. The molecule has 2 aromatic rings. The molecular weight excluding hydrogens is 276 g/mol. The molecule has 0 aliphatic rings. The summed E-state index contributed by atoms with van der Waals surface area (Å²) in [4.78, 5) is 24.9. The van der Waals surface area contributed by atoms with Gasteiger partial charge in [0.05, 0.1) is 0 Å². The average molecular weight is 298 g/mol. The van der Waals surface area contributed by atoms with E-state index in [9.17, 15) is 4.79 Å². The molecule has 0 unspecified atom stereocenters. The van der Waals surface area contributed by atoms with Gasteiger partial charge in [-0.05, 0) is 25.5 Å². The van der Waals surface area contributed by atoms with E-state index in [-0.39, 0.29) is 5.91 Å². The van der Waals surface area contributed by atoms with Gasteiger partial charge in [-0.2, -0.15) is 0 Å². The zero-order valence-electron chi connectivity index (χ0n) is 13.4. The third-order valence-electron chi connectivity index (χ3n) is 3.52. The summed E-state index contributed by atoms with van der Waals surface area (Å²) in [5.74, 6) is 0.503. The third kappa shape index (κ3) is 3.81. The number of benzene rings is 1. The highest BCUT2D eigenvalue weighted by atomic mass is 16.2. The molecule has 5 nitrogen and oxygen atoms in total. The number of rotatable bonds is 6. The molecular formula is C17H22N4O. The molecule has 2 rings (SSSR count). The van der Waals surface area contributed by atoms with Crippen LogP contribution in [0.5, 0.6) is 0 Å². The molecule has 0 atom stereocenters. The van der Waals surface area contributed by atoms with E-state index in [2.05, 4.69) is 9.97 Å². The fourth-order valence-electron chi connectivity index (χ4n) is 2.25. The van der Waals surface area contributed by atoms with Gasteiger partial charge in [0.25, 0.3) is 5.91 Å². The van der Waals surface area contributed by atoms with Crippen molar-refractivity contribution in [3.05, 3.63) is 53.9 Å². The second-order valence-corrected chi connectivity index (χ2v) is 5.06. The number of hydrogen-bond donors (Lipinski definition) is 0. The Morgan fingerprint density at radius 1 is 1.09 bits per heavy atom. The zero-order chi connectivity index (χ0) is 15.9. The van der Waals surface area contributed by atoms with E-state index in [4.69, 9.17) is 0 Å². The minimum atomic E-state index is -0.0975. The van der Waals surface area contributed by atoms with Gasteiger partial charge in [-0.3, -0.25) is 4.79 Å². The maximum atomic E-state index is 12.5. The summed E-state index contributed by atoms with van der Waals surface area (Å²) in [6.07, 6.45) is 1.64. The quantitative estimate of drug-likeness (QED) is 0.822. The Balaban J connectivity index is 2.13. The standard InChI is InChI=1S/C17H22N4O/c1-4-21(5-2)17-18-12-11-15(19-17)16(22)20(3)13-14-9-7-6-8-10-14/h6-12H,4-5,13H2,1-3H3. The van der Waals surface area contributed by atoms with Gasteiger partial charge in [0.2, 0.25) is 5.95 Å². The smallest absolute Gasteiger partial charge is 0.272 e. The number of carbonyl (C=O) groups is 1. The lowest BCUT2D eigenvalue weighted by atomic mass is 10.2. The van der Waals surface area contributed by atoms with Gasteiger partial charge in [-0.15, -0.1) is 0 Å². The fourth-order valence-corrected chi connectivity index (χ4v) is 2.25. The van der Waals surface area contributed by atoms with Crippen molar-refractivity contribution in [2.24, 2.45) is 0 Å². The Labute approximate surface area is 131 Å². The van der Waals surface area contributed by atoms with Crippen molar-refractivity contribution in [2.75, 3.05) is 25.0 Å². The molecule has 116 valence electrons. The predicted molar refractivity (Wildman–Crippen MR) is 87.8 cm³/mol. The van der Waals surface area contributed by atoms with Crippen LogP contribution in [-0.2, 0) is 6.54 Å². The summed E-state index contributed by atoms with van der Waals surface area (Å²) >= 11 is 0. The van der Waals surface area contributed by atoms with Crippen LogP contribution >= 0.6 is 0 Å². The summed E-state index contributed by atoms with van der Waals surface area (Å²) in [7, 11) is 1.79. The normalized spacial score (nSPS) is 10.3. The van der Waals surface area contributed by atoms with Gasteiger partial charge in [0, 0.05) is 32.9 Å². The molecule has 0 spiro atoms. The molecule has 0 bridgehead atoms. The molecule has 1 amide bonds. The van der Waals surface area contributed by atoms with Crippen LogP contribution in [0.15, 0.2) is 42.6 Å². The minimum absolute atomic E-state index is 0.0975. The summed E-state index contributed by atoms with van der Waals surface area (Å²) in [5.41, 5.74) is 1.52. The molecule has 0 saturated carbocycles. The number of nitrogens with zero attached hydrogens (tertiary/aromatic N) is 4. The van der Waals surface area contributed by atoms with Crippen LogP contribution in [0, 0.1) is 0 Å². The van der Waals surface area contributed by atoms with Crippen molar-refractivity contribution in [3.8, 4) is 0 Å². The highest BCUT2D eigenvalue weighted by Crippen LogP contribution is 2.10. The number of hydrogen-bond acceptors (Lipinski definition) is 4. The van der Waals surface area contributed by atoms with Gasteiger partial charge in [-0.25, -0.2) is 9.97 Å². The lowest BCUT2D eigenvalue weighted by Crippen LogP contribution is -2.29. The molecule has 22 heavy (non-hydrogen) atoms. The first-order chi connectivity index (χ1) is 10.7. The molecule has 1 aromatic carbocycles. The third-order valence-corrected chi connectivity index (χ3v) is 3.52. The second kappa shape index (κ2) is 7.54. The van der Waals surface area contributed by atoms with Gasteiger partial charge < -0.3 is 9.80 Å². The lowest BCUT2D eigenvalue weighted by molar-refractivity contribution is 0.0779. The first-order valence-corrected chi connectivity index (χ1v) is 7.53. The van der Waals surface area contributed by atoms with Crippen molar-refractivity contribution in [1.29, 1.82) is 0 Å². The molecule has 0 aliphatic carbocycles. The lowest BCUT2D eigenvalue weighted by Gasteiger charge is -2.20. The topological polar surface area (TPSA) is 49.3 Å². The van der Waals surface area contributed by atoms with Crippen molar-refractivity contribution >= 4 is 11.9 Å². The van der Waals surface area contributed by atoms with Crippen LogP contribution in [0.2, 0.25) is 0 Å². The molecule has 0 aliphatic heterocycles. The van der Waals surface area contributed by atoms with E-state index in [0.717, 1.165) is 18.7 Å². The van der Waals surface area contributed by atoms with Crippen LogP contribution in [0.1, 0.15) is 29.9 Å². The number of anilines is 1. The second-order valence-electron chi connectivity index (χ2n) is 5.06. The maximum absolute atomic E-state index is 12.5. The number of aromatic nitrogens is 2. The SMILES string of the molecule is CCN(CC)c1nccc(C(=O)N(C)Cc2ccccc2)n1. The highest BCUT2D eigenvalue weighted by Gasteiger charge is 2.15. The minimum Gasteiger partial charge on any atom is -0.341 e. The predicted octanol–water partition coefficient (Wildman–Crippen LogP) is 2.60. The van der Waals surface area contributed by atoms with E-state index in [1.165, 1.54) is 0 Å². The van der Waals surface area contributed by atoms with E-state index in [1.54, 1.807) is 24.2 Å². The Bertz CT molecular complexity index is 611. The van der Waals surface area contributed by atoms with E-state index >= 15 is 0 Å². The molecule has 0 fully saturated rings. The Hall–Kier alpha value is -2.43. The van der Waals surface area contributed by atoms with Crippen molar-refractivity contribution in [3.63, 3.8) is 0 Å². The molecule has 0 N–H and O–H groups in total. The van der Waals surface area contributed by atoms with Gasteiger partial charge >= 0.3 is 0 Å². The average Bonchev–Trinajstić information content (AvgIpc) is 2.56. The molecule has 1 heterocycles. The van der Waals surface area contributed by atoms with Crippen LogP contribution in [0.4, 0.5) is 5.95 Å². The van der Waals surface area contributed by atoms with Crippen molar-refractivity contribution < 1.29 is 4.79 Å². The Morgan fingerprint density at radius 3 is 2.41 bits per heavy atom. The molecule has 0 radical (unpaired) electrons. The molecule has 5 heteroatoms. The van der Waals surface area contributed by atoms with Crippen LogP contribution in [-0.4, -0.2) is 40.9 Å². The summed E-state index contributed by atoms with van der Waals surface area (Å²) in [5, 5.41) is 0. The van der Waals surface area contributed by atoms with Crippen LogP contribution in [0.3, 0.4) is 0 Å². The summed E-state index contributed by atoms with van der Waals surface area (Å²) < 4.78 is 0. The summed E-state index contributed by atoms with van der Waals surface area (Å²) in [6.45, 7) is 6.28. The summed E-state index contributed by atoms with van der Waals surface area (Å²) in [6, 6.07) is 11.6. The first kappa shape index (κ1) is 15.9. The number of amides is 1. The van der Waals surface area contributed by atoms with Crippen LogP contribution in [0.25, 0.3) is 0 Å². The first-order valence-electron chi connectivity index (χ1n) is 7.53. The zero-order valence-corrected chi connectivity index (χ0v) is 13.4. The highest BCUT2D eigenvalue weighted by molar-refractivity contribution is 5.92. The number of carbonyl (C=O) groups excluding carboxylic acids is 1. The van der Waals surface area contributed by atoms with Crippen LogP contribution < -0.4 is 4.90 Å². The van der Waals surface area contributed by atoms with Gasteiger partial charge in [0.1, 0.15) is 5.69 Å². The maximum Gasteiger partial charge on any atom is 0.272 e. The van der Waals surface area contributed by atoms with E-state index < -0.39 is 0 Å². The largest absolute Gasteiger partial charge is 0.341 e. The Kier molecular flexibility index (Phi) is 5.47. The van der Waals surface area contributed by atoms with Crippen molar-refractivity contribution in [2.45, 2.75) is 20.4 Å². The fraction of sp³-hybridized carbons (Fsp3) is 0.353. The van der Waals surface area contributed by atoms with E-state index in [0.29, 0.717) is 18.2 Å². The Morgan fingerprint density at radius 2 is 1.77 bits per heavy atom. The van der Waals surface area contributed by atoms with E-state index in [1.807, 2.05) is 49.1 Å². The van der Waals surface area contributed by atoms with Crippen molar-refractivity contribution in [1.82, 2.24) is 14.9 Å². The molecule has 1 aromatic heterocycles.